The summed E-state index contributed by atoms with van der Waals surface area (Å²) < 4.78 is 26.0. The smallest absolute Gasteiger partial charge is 0.207 e. The molecule has 0 spiro atoms. The summed E-state index contributed by atoms with van der Waals surface area (Å²) in [5.74, 6) is 0. The molecule has 5 heteroatoms. The summed E-state index contributed by atoms with van der Waals surface area (Å²) in [6.07, 6.45) is 0. The molecule has 2 aromatic rings. The third-order valence-corrected chi connectivity index (χ3v) is 4.73. The molecule has 20 heavy (non-hydrogen) atoms. The zero-order chi connectivity index (χ0) is 14.6. The molecular weight excluding hydrogens is 272 g/mol. The standard InChI is InChI=1S/C15H14N2O2S/c1-17(12-14-7-5-6-13(10-14)11-16)20(18,19)15-8-3-2-4-9-15/h2-10H,12H2,1H3. The number of hydrogen-bond acceptors (Lipinski definition) is 3. The number of benzene rings is 2. The molecule has 0 bridgehead atoms. The van der Waals surface area contributed by atoms with Gasteiger partial charge in [-0.25, -0.2) is 8.42 Å². The Hall–Kier alpha value is -2.16. The normalized spacial score (nSPS) is 11.2. The highest BCUT2D eigenvalue weighted by Gasteiger charge is 2.20. The van der Waals surface area contributed by atoms with Crippen LogP contribution in [0.25, 0.3) is 0 Å². The predicted octanol–water partition coefficient (Wildman–Crippen LogP) is 2.38. The SMILES string of the molecule is CN(Cc1cccc(C#N)c1)S(=O)(=O)c1ccccc1. The second kappa shape index (κ2) is 5.87. The maximum atomic E-state index is 12.4. The maximum absolute atomic E-state index is 12.4. The van der Waals surface area contributed by atoms with Gasteiger partial charge in [0.2, 0.25) is 10.0 Å². The van der Waals surface area contributed by atoms with E-state index in [-0.39, 0.29) is 11.4 Å². The van der Waals surface area contributed by atoms with E-state index in [0.717, 1.165) is 5.56 Å². The molecule has 0 aliphatic heterocycles. The van der Waals surface area contributed by atoms with E-state index < -0.39 is 10.0 Å². The van der Waals surface area contributed by atoms with Crippen LogP contribution in [0, 0.1) is 11.3 Å². The third kappa shape index (κ3) is 3.05. The van der Waals surface area contributed by atoms with Gasteiger partial charge in [-0.1, -0.05) is 30.3 Å². The number of sulfonamides is 1. The molecule has 0 heterocycles. The highest BCUT2D eigenvalue weighted by molar-refractivity contribution is 7.89. The minimum Gasteiger partial charge on any atom is -0.207 e. The summed E-state index contributed by atoms with van der Waals surface area (Å²) in [7, 11) is -1.98. The monoisotopic (exact) mass is 286 g/mol. The molecule has 0 atom stereocenters. The number of rotatable bonds is 4. The Morgan fingerprint density at radius 2 is 1.80 bits per heavy atom. The number of hydrogen-bond donors (Lipinski definition) is 0. The largest absolute Gasteiger partial charge is 0.243 e. The molecule has 0 aromatic heterocycles. The lowest BCUT2D eigenvalue weighted by molar-refractivity contribution is 0.466. The fourth-order valence-corrected chi connectivity index (χ4v) is 3.03. The van der Waals surface area contributed by atoms with Crippen LogP contribution in [0.5, 0.6) is 0 Å². The van der Waals surface area contributed by atoms with Crippen LogP contribution in [-0.4, -0.2) is 19.8 Å². The van der Waals surface area contributed by atoms with Crippen molar-refractivity contribution < 1.29 is 8.42 Å². The van der Waals surface area contributed by atoms with E-state index >= 15 is 0 Å². The average molecular weight is 286 g/mol. The zero-order valence-corrected chi connectivity index (χ0v) is 11.8. The van der Waals surface area contributed by atoms with Crippen molar-refractivity contribution in [3.05, 3.63) is 65.7 Å². The minimum absolute atomic E-state index is 0.229. The van der Waals surface area contributed by atoms with E-state index in [1.165, 1.54) is 11.4 Å². The third-order valence-electron chi connectivity index (χ3n) is 2.91. The summed E-state index contributed by atoms with van der Waals surface area (Å²) in [6, 6.07) is 17.3. The van der Waals surface area contributed by atoms with Crippen molar-refractivity contribution in [3.63, 3.8) is 0 Å². The molecule has 0 saturated heterocycles. The highest BCUT2D eigenvalue weighted by atomic mass is 32.2. The van der Waals surface area contributed by atoms with Crippen molar-refractivity contribution in [3.8, 4) is 6.07 Å². The molecule has 0 N–H and O–H groups in total. The fourth-order valence-electron chi connectivity index (χ4n) is 1.85. The van der Waals surface area contributed by atoms with Gasteiger partial charge in [0.15, 0.2) is 0 Å². The van der Waals surface area contributed by atoms with Crippen molar-refractivity contribution in [1.29, 1.82) is 5.26 Å². The van der Waals surface area contributed by atoms with Crippen LogP contribution in [0.1, 0.15) is 11.1 Å². The van der Waals surface area contributed by atoms with Crippen molar-refractivity contribution >= 4 is 10.0 Å². The van der Waals surface area contributed by atoms with E-state index in [4.69, 9.17) is 5.26 Å². The molecule has 4 nitrogen and oxygen atoms in total. The Bertz CT molecular complexity index is 734. The van der Waals surface area contributed by atoms with E-state index in [2.05, 4.69) is 0 Å². The van der Waals surface area contributed by atoms with E-state index in [1.807, 2.05) is 6.07 Å². The van der Waals surface area contributed by atoms with Crippen molar-refractivity contribution in [2.75, 3.05) is 7.05 Å². The first-order valence-corrected chi connectivity index (χ1v) is 7.48. The fraction of sp³-hybridized carbons (Fsp3) is 0.133. The lowest BCUT2D eigenvalue weighted by Crippen LogP contribution is -2.26. The predicted molar refractivity (Wildman–Crippen MR) is 76.3 cm³/mol. The molecule has 0 saturated carbocycles. The first-order chi connectivity index (χ1) is 9.54. The number of nitrogens with zero attached hydrogens (tertiary/aromatic N) is 2. The van der Waals surface area contributed by atoms with Gasteiger partial charge in [-0.3, -0.25) is 0 Å². The Labute approximate surface area is 118 Å². The van der Waals surface area contributed by atoms with Crippen molar-refractivity contribution in [2.45, 2.75) is 11.4 Å². The van der Waals surface area contributed by atoms with Gasteiger partial charge in [0.05, 0.1) is 16.5 Å². The molecule has 2 rings (SSSR count). The van der Waals surface area contributed by atoms with Crippen molar-refractivity contribution in [1.82, 2.24) is 4.31 Å². The lowest BCUT2D eigenvalue weighted by Gasteiger charge is -2.17. The molecule has 2 aromatic carbocycles. The first kappa shape index (κ1) is 14.3. The topological polar surface area (TPSA) is 61.2 Å². The van der Waals surface area contributed by atoms with Gasteiger partial charge in [0.1, 0.15) is 0 Å². The average Bonchev–Trinajstić information content (AvgIpc) is 2.48. The van der Waals surface area contributed by atoms with Crippen LogP contribution in [-0.2, 0) is 16.6 Å². The maximum Gasteiger partial charge on any atom is 0.243 e. The van der Waals surface area contributed by atoms with Crippen LogP contribution in [0.4, 0.5) is 0 Å². The van der Waals surface area contributed by atoms with Crippen LogP contribution in [0.15, 0.2) is 59.5 Å². The molecule has 0 aliphatic rings. The van der Waals surface area contributed by atoms with Crippen molar-refractivity contribution in [2.24, 2.45) is 0 Å². The summed E-state index contributed by atoms with van der Waals surface area (Å²) in [4.78, 5) is 0.263. The Balaban J connectivity index is 2.24. The molecule has 0 fully saturated rings. The first-order valence-electron chi connectivity index (χ1n) is 6.04. The van der Waals surface area contributed by atoms with Gasteiger partial charge in [-0.2, -0.15) is 9.57 Å². The van der Waals surface area contributed by atoms with Crippen LogP contribution >= 0.6 is 0 Å². The van der Waals surface area contributed by atoms with Crippen LogP contribution in [0.3, 0.4) is 0 Å². The van der Waals surface area contributed by atoms with Crippen LogP contribution < -0.4 is 0 Å². The minimum atomic E-state index is -3.51. The lowest BCUT2D eigenvalue weighted by atomic mass is 10.1. The Morgan fingerprint density at radius 1 is 1.10 bits per heavy atom. The van der Waals surface area contributed by atoms with Gasteiger partial charge in [-0.15, -0.1) is 0 Å². The summed E-state index contributed by atoms with van der Waals surface area (Å²) in [5.41, 5.74) is 1.30. The van der Waals surface area contributed by atoms with Gasteiger partial charge in [0, 0.05) is 13.6 Å². The summed E-state index contributed by atoms with van der Waals surface area (Å²) >= 11 is 0. The Kier molecular flexibility index (Phi) is 4.18. The van der Waals surface area contributed by atoms with Gasteiger partial charge >= 0.3 is 0 Å². The van der Waals surface area contributed by atoms with Gasteiger partial charge in [0.25, 0.3) is 0 Å². The molecule has 0 unspecified atom stereocenters. The second-order valence-corrected chi connectivity index (χ2v) is 6.43. The highest BCUT2D eigenvalue weighted by Crippen LogP contribution is 2.16. The Morgan fingerprint density at radius 3 is 2.45 bits per heavy atom. The summed E-state index contributed by atoms with van der Waals surface area (Å²) in [5, 5.41) is 8.85. The number of nitriles is 1. The second-order valence-electron chi connectivity index (χ2n) is 4.39. The molecule has 102 valence electrons. The molecular formula is C15H14N2O2S. The quantitative estimate of drug-likeness (QED) is 0.867. The molecule has 0 aliphatic carbocycles. The van der Waals surface area contributed by atoms with E-state index in [0.29, 0.717) is 5.56 Å². The zero-order valence-electron chi connectivity index (χ0n) is 11.0. The molecule has 0 radical (unpaired) electrons. The van der Waals surface area contributed by atoms with Gasteiger partial charge in [-0.05, 0) is 29.8 Å². The van der Waals surface area contributed by atoms with E-state index in [1.54, 1.807) is 54.6 Å². The van der Waals surface area contributed by atoms with Crippen LogP contribution in [0.2, 0.25) is 0 Å². The van der Waals surface area contributed by atoms with E-state index in [9.17, 15) is 8.42 Å². The van der Waals surface area contributed by atoms with Gasteiger partial charge < -0.3 is 0 Å². The molecule has 0 amide bonds. The summed E-state index contributed by atoms with van der Waals surface area (Å²) in [6.45, 7) is 0.229.